The molecule has 0 aliphatic rings. The van der Waals surface area contributed by atoms with Gasteiger partial charge in [-0.2, -0.15) is 0 Å². The highest BCUT2D eigenvalue weighted by atomic mass is 16.5. The lowest BCUT2D eigenvalue weighted by molar-refractivity contribution is -0.137. The van der Waals surface area contributed by atoms with E-state index >= 15 is 0 Å². The summed E-state index contributed by atoms with van der Waals surface area (Å²) in [7, 11) is 1.62. The summed E-state index contributed by atoms with van der Waals surface area (Å²) in [5, 5.41) is 14.0. The molecule has 3 N–H and O–H groups in total. The number of carboxylic acid groups (broad SMARTS) is 1. The van der Waals surface area contributed by atoms with E-state index in [1.165, 1.54) is 0 Å². The SMILES string of the molecule is COc1ccc(C(C)(C)CNC(=O)NCCCC(=O)O)cc1. The smallest absolute Gasteiger partial charge is 0.314 e. The van der Waals surface area contributed by atoms with Crippen LogP contribution in [0.4, 0.5) is 4.79 Å². The number of benzene rings is 1. The molecule has 1 aromatic carbocycles. The van der Waals surface area contributed by atoms with E-state index < -0.39 is 5.97 Å². The summed E-state index contributed by atoms with van der Waals surface area (Å²) < 4.78 is 5.13. The van der Waals surface area contributed by atoms with Gasteiger partial charge in [0.25, 0.3) is 0 Å². The van der Waals surface area contributed by atoms with Crippen molar-refractivity contribution in [1.29, 1.82) is 0 Å². The van der Waals surface area contributed by atoms with Crippen molar-refractivity contribution < 1.29 is 19.4 Å². The molecule has 122 valence electrons. The predicted molar refractivity (Wildman–Crippen MR) is 84.3 cm³/mol. The fourth-order valence-corrected chi connectivity index (χ4v) is 1.95. The third kappa shape index (κ3) is 6.03. The number of amides is 2. The normalized spacial score (nSPS) is 10.9. The maximum absolute atomic E-state index is 11.7. The van der Waals surface area contributed by atoms with E-state index in [9.17, 15) is 9.59 Å². The summed E-state index contributed by atoms with van der Waals surface area (Å²) in [5.41, 5.74) is 0.879. The highest BCUT2D eigenvalue weighted by Gasteiger charge is 2.21. The first kappa shape index (κ1) is 17.8. The second kappa shape index (κ2) is 8.26. The summed E-state index contributed by atoms with van der Waals surface area (Å²) in [4.78, 5) is 22.0. The first-order chi connectivity index (χ1) is 10.3. The number of hydrogen-bond acceptors (Lipinski definition) is 3. The molecule has 6 heteroatoms. The van der Waals surface area contributed by atoms with Crippen LogP contribution in [0, 0.1) is 0 Å². The summed E-state index contributed by atoms with van der Waals surface area (Å²) in [5.74, 6) is -0.0634. The Bertz CT molecular complexity index is 497. The van der Waals surface area contributed by atoms with Crippen LogP contribution in [0.1, 0.15) is 32.3 Å². The van der Waals surface area contributed by atoms with Crippen LogP contribution in [0.15, 0.2) is 24.3 Å². The number of nitrogens with one attached hydrogen (secondary N) is 2. The van der Waals surface area contributed by atoms with Crippen LogP contribution in [0.25, 0.3) is 0 Å². The lowest BCUT2D eigenvalue weighted by Crippen LogP contribution is -2.42. The van der Waals surface area contributed by atoms with E-state index in [-0.39, 0.29) is 17.9 Å². The van der Waals surface area contributed by atoms with Gasteiger partial charge in [0, 0.05) is 24.9 Å². The minimum absolute atomic E-state index is 0.0532. The van der Waals surface area contributed by atoms with Gasteiger partial charge in [-0.3, -0.25) is 4.79 Å². The van der Waals surface area contributed by atoms with Crippen molar-refractivity contribution in [2.75, 3.05) is 20.2 Å². The summed E-state index contributed by atoms with van der Waals surface area (Å²) in [6.45, 7) is 4.91. The van der Waals surface area contributed by atoms with Crippen molar-refractivity contribution in [2.45, 2.75) is 32.1 Å². The standard InChI is InChI=1S/C16H24N2O4/c1-16(2,12-6-8-13(22-3)9-7-12)11-18-15(21)17-10-4-5-14(19)20/h6-9H,4-5,10-11H2,1-3H3,(H,19,20)(H2,17,18,21). The molecule has 22 heavy (non-hydrogen) atoms. The molecule has 0 heterocycles. The molecule has 1 rings (SSSR count). The van der Waals surface area contributed by atoms with E-state index in [1.807, 2.05) is 38.1 Å². The van der Waals surface area contributed by atoms with Crippen molar-refractivity contribution in [2.24, 2.45) is 0 Å². The Kier molecular flexibility index (Phi) is 6.69. The molecule has 0 aliphatic heterocycles. The van der Waals surface area contributed by atoms with Gasteiger partial charge in [0.1, 0.15) is 5.75 Å². The van der Waals surface area contributed by atoms with Gasteiger partial charge in [-0.05, 0) is 24.1 Å². The fraction of sp³-hybridized carbons (Fsp3) is 0.500. The van der Waals surface area contributed by atoms with Gasteiger partial charge >= 0.3 is 12.0 Å². The van der Waals surface area contributed by atoms with Crippen molar-refractivity contribution >= 4 is 12.0 Å². The number of methoxy groups -OCH3 is 1. The van der Waals surface area contributed by atoms with Gasteiger partial charge in [-0.1, -0.05) is 26.0 Å². The molecule has 0 spiro atoms. The molecule has 0 radical (unpaired) electrons. The molecule has 6 nitrogen and oxygen atoms in total. The summed E-state index contributed by atoms with van der Waals surface area (Å²) in [6, 6.07) is 7.45. The van der Waals surface area contributed by atoms with E-state index in [0.717, 1.165) is 11.3 Å². The Hall–Kier alpha value is -2.24. The van der Waals surface area contributed by atoms with Crippen LogP contribution < -0.4 is 15.4 Å². The maximum Gasteiger partial charge on any atom is 0.314 e. The molecular formula is C16H24N2O4. The lowest BCUT2D eigenvalue weighted by Gasteiger charge is -2.26. The van der Waals surface area contributed by atoms with Crippen LogP contribution in [0.2, 0.25) is 0 Å². The second-order valence-corrected chi connectivity index (χ2v) is 5.72. The van der Waals surface area contributed by atoms with E-state index in [0.29, 0.717) is 19.5 Å². The zero-order chi connectivity index (χ0) is 16.6. The average Bonchev–Trinajstić information content (AvgIpc) is 2.49. The first-order valence-electron chi connectivity index (χ1n) is 7.23. The molecule has 0 unspecified atom stereocenters. The number of carboxylic acids is 1. The topological polar surface area (TPSA) is 87.7 Å². The maximum atomic E-state index is 11.7. The van der Waals surface area contributed by atoms with Crippen molar-refractivity contribution in [3.05, 3.63) is 29.8 Å². The first-order valence-corrected chi connectivity index (χ1v) is 7.23. The molecule has 0 saturated carbocycles. The van der Waals surface area contributed by atoms with Crippen LogP contribution >= 0.6 is 0 Å². The summed E-state index contributed by atoms with van der Waals surface area (Å²) in [6.07, 6.45) is 0.474. The zero-order valence-corrected chi connectivity index (χ0v) is 13.3. The molecule has 0 bridgehead atoms. The van der Waals surface area contributed by atoms with Gasteiger partial charge in [0.2, 0.25) is 0 Å². The van der Waals surface area contributed by atoms with Gasteiger partial charge in [-0.25, -0.2) is 4.79 Å². The van der Waals surface area contributed by atoms with Crippen LogP contribution in [-0.4, -0.2) is 37.3 Å². The van der Waals surface area contributed by atoms with Gasteiger partial charge < -0.3 is 20.5 Å². The summed E-state index contributed by atoms with van der Waals surface area (Å²) >= 11 is 0. The highest BCUT2D eigenvalue weighted by molar-refractivity contribution is 5.74. The van der Waals surface area contributed by atoms with Gasteiger partial charge in [0.05, 0.1) is 7.11 Å². The number of carbonyl (C=O) groups is 2. The van der Waals surface area contributed by atoms with Gasteiger partial charge in [0.15, 0.2) is 0 Å². The highest BCUT2D eigenvalue weighted by Crippen LogP contribution is 2.24. The molecule has 0 fully saturated rings. The molecule has 0 aromatic heterocycles. The van der Waals surface area contributed by atoms with Crippen LogP contribution in [0.3, 0.4) is 0 Å². The Morgan fingerprint density at radius 2 is 1.82 bits per heavy atom. The number of ether oxygens (including phenoxy) is 1. The van der Waals surface area contributed by atoms with Gasteiger partial charge in [-0.15, -0.1) is 0 Å². The third-order valence-corrected chi connectivity index (χ3v) is 3.42. The monoisotopic (exact) mass is 308 g/mol. The Morgan fingerprint density at radius 3 is 2.36 bits per heavy atom. The average molecular weight is 308 g/mol. The Balaban J connectivity index is 2.40. The minimum atomic E-state index is -0.858. The molecule has 0 atom stereocenters. The number of aliphatic carboxylic acids is 1. The molecule has 1 aromatic rings. The number of hydrogen-bond donors (Lipinski definition) is 3. The lowest BCUT2D eigenvalue weighted by atomic mass is 9.84. The number of carbonyl (C=O) groups excluding carboxylic acids is 1. The second-order valence-electron chi connectivity index (χ2n) is 5.72. The van der Waals surface area contributed by atoms with Crippen LogP contribution in [-0.2, 0) is 10.2 Å². The van der Waals surface area contributed by atoms with Crippen molar-refractivity contribution in [3.63, 3.8) is 0 Å². The van der Waals surface area contributed by atoms with Crippen LogP contribution in [0.5, 0.6) is 5.75 Å². The zero-order valence-electron chi connectivity index (χ0n) is 13.3. The van der Waals surface area contributed by atoms with E-state index in [1.54, 1.807) is 7.11 Å². The van der Waals surface area contributed by atoms with E-state index in [2.05, 4.69) is 10.6 Å². The van der Waals surface area contributed by atoms with Crippen molar-refractivity contribution in [1.82, 2.24) is 10.6 Å². The fourth-order valence-electron chi connectivity index (χ4n) is 1.95. The Labute approximate surface area is 130 Å². The third-order valence-electron chi connectivity index (χ3n) is 3.42. The Morgan fingerprint density at radius 1 is 1.18 bits per heavy atom. The predicted octanol–water partition coefficient (Wildman–Crippen LogP) is 2.14. The largest absolute Gasteiger partial charge is 0.497 e. The van der Waals surface area contributed by atoms with E-state index in [4.69, 9.17) is 9.84 Å². The molecule has 2 amide bonds. The molecule has 0 saturated heterocycles. The minimum Gasteiger partial charge on any atom is -0.497 e. The molecule has 0 aliphatic carbocycles. The number of rotatable bonds is 8. The quantitative estimate of drug-likeness (QED) is 0.642. The number of urea groups is 1. The van der Waals surface area contributed by atoms with Crippen molar-refractivity contribution in [3.8, 4) is 5.75 Å². The molecular weight excluding hydrogens is 284 g/mol.